The van der Waals surface area contributed by atoms with Crippen molar-refractivity contribution in [1.29, 1.82) is 0 Å². The lowest BCUT2D eigenvalue weighted by Gasteiger charge is -2.20. The van der Waals surface area contributed by atoms with E-state index >= 15 is 0 Å². The van der Waals surface area contributed by atoms with Crippen LogP contribution in [0.15, 0.2) is 58.3 Å². The third-order valence-electron chi connectivity index (χ3n) is 3.77. The summed E-state index contributed by atoms with van der Waals surface area (Å²) in [6.45, 7) is 2.70. The Morgan fingerprint density at radius 2 is 1.96 bits per heavy atom. The van der Waals surface area contributed by atoms with Crippen LogP contribution in [0.25, 0.3) is 11.6 Å². The smallest absolute Gasteiger partial charge is 0.240 e. The molecule has 0 radical (unpaired) electrons. The molecule has 2 aromatic heterocycles. The number of benzene rings is 1. The maximum absolute atomic E-state index is 12.7. The summed E-state index contributed by atoms with van der Waals surface area (Å²) in [5.41, 5.74) is 0.941. The van der Waals surface area contributed by atoms with E-state index in [1.807, 2.05) is 54.0 Å². The highest BCUT2D eigenvalue weighted by Gasteiger charge is 2.27. The van der Waals surface area contributed by atoms with Gasteiger partial charge in [0.1, 0.15) is 5.25 Å². The second-order valence-corrected chi connectivity index (χ2v) is 6.74. The Morgan fingerprint density at radius 3 is 2.56 bits per heavy atom. The highest BCUT2D eigenvalue weighted by Crippen LogP contribution is 2.36. The summed E-state index contributed by atoms with van der Waals surface area (Å²) in [5, 5.41) is 8.86. The summed E-state index contributed by atoms with van der Waals surface area (Å²) >= 11 is 1.40. The van der Waals surface area contributed by atoms with Crippen LogP contribution >= 0.6 is 11.8 Å². The number of nitrogens with zero attached hydrogens (tertiary/aromatic N) is 4. The third-order valence-corrected chi connectivity index (χ3v) is 4.99. The van der Waals surface area contributed by atoms with Crippen molar-refractivity contribution in [2.75, 3.05) is 14.1 Å². The minimum atomic E-state index is -0.379. The molecule has 7 heteroatoms. The first-order chi connectivity index (χ1) is 12.1. The van der Waals surface area contributed by atoms with E-state index in [9.17, 15) is 4.79 Å². The van der Waals surface area contributed by atoms with Gasteiger partial charge >= 0.3 is 0 Å². The fourth-order valence-corrected chi connectivity index (χ4v) is 3.72. The number of rotatable bonds is 6. The van der Waals surface area contributed by atoms with Crippen LogP contribution in [-0.4, -0.2) is 39.7 Å². The Morgan fingerprint density at radius 1 is 1.20 bits per heavy atom. The fraction of sp³-hybridized carbons (Fsp3) is 0.278. The Bertz CT molecular complexity index is 828. The van der Waals surface area contributed by atoms with Crippen molar-refractivity contribution in [3.63, 3.8) is 0 Å². The molecule has 1 amide bonds. The normalized spacial score (nSPS) is 12.1. The molecule has 0 saturated heterocycles. The number of hydrogen-bond acceptors (Lipinski definition) is 5. The largest absolute Gasteiger partial charge is 0.461 e. The molecular formula is C18H20N4O2S. The van der Waals surface area contributed by atoms with Gasteiger partial charge in [0.05, 0.1) is 6.26 Å². The van der Waals surface area contributed by atoms with E-state index in [2.05, 4.69) is 10.2 Å². The SMILES string of the molecule is CCn1c(S[C@H](C(=O)N(C)C)c2ccccc2)nnc1-c1ccco1. The standard InChI is InChI=1S/C18H20N4O2S/c1-4-22-16(14-11-8-12-24-14)19-20-18(22)25-15(17(23)21(2)3)13-9-6-5-7-10-13/h5-12,15H,4H2,1-3H3/t15-/m0/s1. The number of thioether (sulfide) groups is 1. The van der Waals surface area contributed by atoms with Crippen LogP contribution in [0, 0.1) is 0 Å². The zero-order valence-corrected chi connectivity index (χ0v) is 15.2. The molecule has 25 heavy (non-hydrogen) atoms. The lowest BCUT2D eigenvalue weighted by molar-refractivity contribution is -0.128. The molecule has 0 saturated carbocycles. The number of hydrogen-bond donors (Lipinski definition) is 0. The molecule has 6 nitrogen and oxygen atoms in total. The number of aromatic nitrogens is 3. The Kier molecular flexibility index (Phi) is 5.23. The van der Waals surface area contributed by atoms with Gasteiger partial charge in [-0.05, 0) is 24.6 Å². The first-order valence-corrected chi connectivity index (χ1v) is 8.89. The summed E-state index contributed by atoms with van der Waals surface area (Å²) in [4.78, 5) is 14.3. The van der Waals surface area contributed by atoms with Crippen molar-refractivity contribution in [3.05, 3.63) is 54.3 Å². The number of amides is 1. The minimum Gasteiger partial charge on any atom is -0.461 e. The van der Waals surface area contributed by atoms with Crippen LogP contribution in [0.2, 0.25) is 0 Å². The van der Waals surface area contributed by atoms with Crippen LogP contribution in [0.1, 0.15) is 17.7 Å². The van der Waals surface area contributed by atoms with Gasteiger partial charge in [-0.3, -0.25) is 9.36 Å². The number of carbonyl (C=O) groups excluding carboxylic acids is 1. The molecule has 0 aliphatic carbocycles. The maximum Gasteiger partial charge on any atom is 0.240 e. The lowest BCUT2D eigenvalue weighted by atomic mass is 10.1. The monoisotopic (exact) mass is 356 g/mol. The average molecular weight is 356 g/mol. The summed E-state index contributed by atoms with van der Waals surface area (Å²) in [7, 11) is 3.52. The molecule has 1 aromatic carbocycles. The first-order valence-electron chi connectivity index (χ1n) is 8.01. The molecule has 2 heterocycles. The third kappa shape index (κ3) is 3.61. The zero-order valence-electron chi connectivity index (χ0n) is 14.4. The van der Waals surface area contributed by atoms with Crippen LogP contribution in [0.3, 0.4) is 0 Å². The molecule has 0 spiro atoms. The molecule has 0 bridgehead atoms. The molecule has 0 fully saturated rings. The molecule has 0 unspecified atom stereocenters. The van der Waals surface area contributed by atoms with E-state index in [0.29, 0.717) is 23.3 Å². The topological polar surface area (TPSA) is 64.2 Å². The Balaban J connectivity index is 1.96. The Hall–Kier alpha value is -2.54. The predicted molar refractivity (Wildman–Crippen MR) is 97.1 cm³/mol. The van der Waals surface area contributed by atoms with Gasteiger partial charge in [0, 0.05) is 20.6 Å². The van der Waals surface area contributed by atoms with Gasteiger partial charge in [-0.2, -0.15) is 0 Å². The molecule has 0 aliphatic heterocycles. The van der Waals surface area contributed by atoms with Crippen molar-refractivity contribution in [3.8, 4) is 11.6 Å². The van der Waals surface area contributed by atoms with Crippen LogP contribution < -0.4 is 0 Å². The van der Waals surface area contributed by atoms with E-state index < -0.39 is 0 Å². The molecule has 130 valence electrons. The van der Waals surface area contributed by atoms with E-state index in [0.717, 1.165) is 5.56 Å². The van der Waals surface area contributed by atoms with E-state index in [1.54, 1.807) is 25.3 Å². The number of carbonyl (C=O) groups is 1. The molecule has 0 aliphatic rings. The summed E-state index contributed by atoms with van der Waals surface area (Å²) in [6.07, 6.45) is 1.61. The van der Waals surface area contributed by atoms with Crippen molar-refractivity contribution in [2.24, 2.45) is 0 Å². The highest BCUT2D eigenvalue weighted by molar-refractivity contribution is 8.00. The van der Waals surface area contributed by atoms with Gasteiger partial charge in [-0.25, -0.2) is 0 Å². The van der Waals surface area contributed by atoms with E-state index in [4.69, 9.17) is 4.42 Å². The van der Waals surface area contributed by atoms with Gasteiger partial charge in [-0.1, -0.05) is 42.1 Å². The van der Waals surface area contributed by atoms with E-state index in [1.165, 1.54) is 11.8 Å². The molecule has 3 rings (SSSR count). The number of likely N-dealkylation sites (N-methyl/N-ethyl adjacent to an activating group) is 1. The minimum absolute atomic E-state index is 0.0152. The van der Waals surface area contributed by atoms with Crippen molar-refractivity contribution in [1.82, 2.24) is 19.7 Å². The van der Waals surface area contributed by atoms with Crippen LogP contribution in [-0.2, 0) is 11.3 Å². The predicted octanol–water partition coefficient (Wildman–Crippen LogP) is 3.48. The van der Waals surface area contributed by atoms with Gasteiger partial charge in [0.25, 0.3) is 0 Å². The van der Waals surface area contributed by atoms with Gasteiger partial charge in [0.15, 0.2) is 16.7 Å². The summed E-state index contributed by atoms with van der Waals surface area (Å²) in [5.74, 6) is 1.34. The van der Waals surface area contributed by atoms with E-state index in [-0.39, 0.29) is 11.2 Å². The molecule has 0 N–H and O–H groups in total. The molecule has 3 aromatic rings. The second kappa shape index (κ2) is 7.57. The highest BCUT2D eigenvalue weighted by atomic mass is 32.2. The Labute approximate surface area is 150 Å². The van der Waals surface area contributed by atoms with Gasteiger partial charge in [-0.15, -0.1) is 10.2 Å². The summed E-state index contributed by atoms with van der Waals surface area (Å²) in [6, 6.07) is 13.4. The fourth-order valence-electron chi connectivity index (χ4n) is 2.48. The second-order valence-electron chi connectivity index (χ2n) is 5.67. The maximum atomic E-state index is 12.7. The van der Waals surface area contributed by atoms with Crippen LogP contribution in [0.4, 0.5) is 0 Å². The quantitative estimate of drug-likeness (QED) is 0.633. The van der Waals surface area contributed by atoms with Gasteiger partial charge < -0.3 is 9.32 Å². The summed E-state index contributed by atoms with van der Waals surface area (Å²) < 4.78 is 7.40. The average Bonchev–Trinajstić information content (AvgIpc) is 3.28. The van der Waals surface area contributed by atoms with Gasteiger partial charge in [0.2, 0.25) is 5.91 Å². The van der Waals surface area contributed by atoms with Crippen LogP contribution in [0.5, 0.6) is 0 Å². The van der Waals surface area contributed by atoms with Crippen molar-refractivity contribution >= 4 is 17.7 Å². The number of furan rings is 1. The molecule has 1 atom stereocenters. The van der Waals surface area contributed by atoms with Crippen molar-refractivity contribution in [2.45, 2.75) is 23.9 Å². The molecular weight excluding hydrogens is 336 g/mol. The lowest BCUT2D eigenvalue weighted by Crippen LogP contribution is -2.27. The van der Waals surface area contributed by atoms with Crippen molar-refractivity contribution < 1.29 is 9.21 Å². The zero-order chi connectivity index (χ0) is 17.8. The first kappa shape index (κ1) is 17.3.